The van der Waals surface area contributed by atoms with Crippen molar-refractivity contribution in [2.24, 2.45) is 0 Å². The molecule has 1 aliphatic carbocycles. The summed E-state index contributed by atoms with van der Waals surface area (Å²) in [5.74, 6) is 0.0842. The highest BCUT2D eigenvalue weighted by molar-refractivity contribution is 7.22. The van der Waals surface area contributed by atoms with Crippen molar-refractivity contribution in [2.75, 3.05) is 12.3 Å². The van der Waals surface area contributed by atoms with Gasteiger partial charge in [0.15, 0.2) is 0 Å². The normalized spacial score (nSPS) is 27.9. The third-order valence-corrected chi connectivity index (χ3v) is 3.73. The fraction of sp³-hybridized carbons (Fsp3) is 0.400. The SMILES string of the molecule is Nc1ccn([C@@H]2C(P)=C(CO)[C@@H](O)[C@H]2O)c(=O)n1. The molecule has 5 N–H and O–H groups in total. The highest BCUT2D eigenvalue weighted by Gasteiger charge is 2.40. The van der Waals surface area contributed by atoms with Gasteiger partial charge < -0.3 is 21.1 Å². The summed E-state index contributed by atoms with van der Waals surface area (Å²) in [6.07, 6.45) is -1.00. The van der Waals surface area contributed by atoms with Crippen LogP contribution in [-0.4, -0.2) is 43.7 Å². The molecule has 0 amide bonds. The molecule has 1 heterocycles. The number of anilines is 1. The molecular weight excluding hydrogens is 257 g/mol. The van der Waals surface area contributed by atoms with Gasteiger partial charge >= 0.3 is 5.69 Å². The lowest BCUT2D eigenvalue weighted by Crippen LogP contribution is -2.36. The number of aliphatic hydroxyl groups excluding tert-OH is 3. The van der Waals surface area contributed by atoms with Gasteiger partial charge in [-0.25, -0.2) is 4.79 Å². The Morgan fingerprint density at radius 2 is 2.17 bits per heavy atom. The third kappa shape index (κ3) is 1.95. The van der Waals surface area contributed by atoms with E-state index in [0.29, 0.717) is 10.9 Å². The Balaban J connectivity index is 2.51. The number of hydrogen-bond acceptors (Lipinski definition) is 6. The Hall–Kier alpha value is -1.27. The van der Waals surface area contributed by atoms with Gasteiger partial charge in [0, 0.05) is 6.20 Å². The van der Waals surface area contributed by atoms with Crippen LogP contribution in [0.1, 0.15) is 6.04 Å². The van der Waals surface area contributed by atoms with Gasteiger partial charge in [-0.2, -0.15) is 4.98 Å². The van der Waals surface area contributed by atoms with Crippen molar-refractivity contribution in [1.29, 1.82) is 0 Å². The highest BCUT2D eigenvalue weighted by Crippen LogP contribution is 2.39. The molecule has 0 bridgehead atoms. The van der Waals surface area contributed by atoms with Gasteiger partial charge in [-0.1, -0.05) is 0 Å². The lowest BCUT2D eigenvalue weighted by Gasteiger charge is -2.20. The van der Waals surface area contributed by atoms with E-state index in [4.69, 9.17) is 10.8 Å². The summed E-state index contributed by atoms with van der Waals surface area (Å²) < 4.78 is 1.18. The van der Waals surface area contributed by atoms with Gasteiger partial charge in [0.1, 0.15) is 18.0 Å². The molecule has 18 heavy (non-hydrogen) atoms. The molecule has 0 aromatic carbocycles. The monoisotopic (exact) mass is 271 g/mol. The molecule has 4 atom stereocenters. The van der Waals surface area contributed by atoms with Crippen molar-refractivity contribution in [3.8, 4) is 0 Å². The number of nitrogens with zero attached hydrogens (tertiary/aromatic N) is 2. The lowest BCUT2D eigenvalue weighted by atomic mass is 10.1. The van der Waals surface area contributed by atoms with Crippen LogP contribution in [0.15, 0.2) is 27.9 Å². The highest BCUT2D eigenvalue weighted by atomic mass is 31.0. The molecule has 1 aromatic heterocycles. The second-order valence-electron chi connectivity index (χ2n) is 4.06. The molecular formula is C10H14N3O4P. The lowest BCUT2D eigenvalue weighted by molar-refractivity contribution is 0.0269. The number of nitrogens with two attached hydrogens (primary N) is 1. The largest absolute Gasteiger partial charge is 0.392 e. The molecule has 0 fully saturated rings. The minimum Gasteiger partial charge on any atom is -0.392 e. The van der Waals surface area contributed by atoms with Gasteiger partial charge in [0.2, 0.25) is 0 Å². The van der Waals surface area contributed by atoms with Crippen molar-refractivity contribution in [3.63, 3.8) is 0 Å². The molecule has 8 heteroatoms. The zero-order chi connectivity index (χ0) is 13.4. The maximum absolute atomic E-state index is 11.7. The average molecular weight is 271 g/mol. The van der Waals surface area contributed by atoms with E-state index in [1.807, 2.05) is 0 Å². The summed E-state index contributed by atoms with van der Waals surface area (Å²) in [4.78, 5) is 15.3. The summed E-state index contributed by atoms with van der Waals surface area (Å²) in [7, 11) is 2.33. The molecule has 2 rings (SSSR count). The van der Waals surface area contributed by atoms with Crippen molar-refractivity contribution in [1.82, 2.24) is 9.55 Å². The predicted molar refractivity (Wildman–Crippen MR) is 67.8 cm³/mol. The fourth-order valence-electron chi connectivity index (χ4n) is 2.06. The van der Waals surface area contributed by atoms with Crippen LogP contribution in [0.2, 0.25) is 0 Å². The van der Waals surface area contributed by atoms with Crippen LogP contribution >= 0.6 is 9.24 Å². The molecule has 0 spiro atoms. The van der Waals surface area contributed by atoms with Crippen molar-refractivity contribution in [2.45, 2.75) is 18.2 Å². The second-order valence-corrected chi connectivity index (χ2v) is 4.68. The van der Waals surface area contributed by atoms with E-state index in [2.05, 4.69) is 14.2 Å². The van der Waals surface area contributed by atoms with E-state index in [1.54, 1.807) is 0 Å². The quantitative estimate of drug-likeness (QED) is 0.472. The van der Waals surface area contributed by atoms with Crippen LogP contribution in [0.5, 0.6) is 0 Å². The summed E-state index contributed by atoms with van der Waals surface area (Å²) in [5, 5.41) is 29.3. The molecule has 1 aromatic rings. The molecule has 7 nitrogen and oxygen atoms in total. The van der Waals surface area contributed by atoms with E-state index >= 15 is 0 Å². The van der Waals surface area contributed by atoms with Gasteiger partial charge in [0.05, 0.1) is 12.6 Å². The standard InChI is InChI=1S/C10H14N3O4P/c11-5-1-2-13(10(17)12-5)6-8(16)7(15)4(3-14)9(6)18/h1-2,6-8,14-16H,3,18H2,(H2,11,12,17)/t6-,7+,8-/m0/s1. The first-order valence-electron chi connectivity index (χ1n) is 5.27. The Kier molecular flexibility index (Phi) is 3.49. The first-order chi connectivity index (χ1) is 8.47. The topological polar surface area (TPSA) is 122 Å². The van der Waals surface area contributed by atoms with Crippen LogP contribution in [0, 0.1) is 0 Å². The van der Waals surface area contributed by atoms with Crippen LogP contribution in [-0.2, 0) is 0 Å². The van der Waals surface area contributed by atoms with E-state index in [0.717, 1.165) is 0 Å². The van der Waals surface area contributed by atoms with Crippen LogP contribution in [0.25, 0.3) is 0 Å². The summed E-state index contributed by atoms with van der Waals surface area (Å²) >= 11 is 0. The Morgan fingerprint density at radius 1 is 1.50 bits per heavy atom. The summed E-state index contributed by atoms with van der Waals surface area (Å²) in [6.45, 7) is -0.384. The van der Waals surface area contributed by atoms with Gasteiger partial charge in [-0.15, -0.1) is 9.24 Å². The third-order valence-electron chi connectivity index (χ3n) is 3.01. The zero-order valence-electron chi connectivity index (χ0n) is 9.39. The fourth-order valence-corrected chi connectivity index (χ4v) is 2.68. The number of hydrogen-bond donors (Lipinski definition) is 4. The molecule has 0 aliphatic heterocycles. The van der Waals surface area contributed by atoms with Crippen molar-refractivity contribution in [3.05, 3.63) is 33.6 Å². The van der Waals surface area contributed by atoms with Crippen LogP contribution < -0.4 is 11.4 Å². The van der Waals surface area contributed by atoms with Gasteiger partial charge in [0.25, 0.3) is 0 Å². The molecule has 0 saturated carbocycles. The minimum atomic E-state index is -1.21. The van der Waals surface area contributed by atoms with E-state index in [-0.39, 0.29) is 12.4 Å². The molecule has 0 saturated heterocycles. The second kappa shape index (κ2) is 4.78. The van der Waals surface area contributed by atoms with Crippen molar-refractivity contribution >= 4 is 15.1 Å². The molecule has 98 valence electrons. The first kappa shape index (κ1) is 13.2. The van der Waals surface area contributed by atoms with Crippen LogP contribution in [0.4, 0.5) is 5.82 Å². The van der Waals surface area contributed by atoms with Gasteiger partial charge in [-0.05, 0) is 17.0 Å². The Bertz CT molecular complexity index is 556. The van der Waals surface area contributed by atoms with Crippen molar-refractivity contribution < 1.29 is 15.3 Å². The Morgan fingerprint density at radius 3 is 2.67 bits per heavy atom. The molecule has 1 unspecified atom stereocenters. The number of rotatable bonds is 2. The number of nitrogen functional groups attached to an aromatic ring is 1. The predicted octanol–water partition coefficient (Wildman–Crippen LogP) is -1.78. The maximum atomic E-state index is 11.7. The summed E-state index contributed by atoms with van der Waals surface area (Å²) in [6, 6.07) is 0.655. The Labute approximate surface area is 105 Å². The molecule has 0 radical (unpaired) electrons. The van der Waals surface area contributed by atoms with Gasteiger partial charge in [-0.3, -0.25) is 4.57 Å². The molecule has 1 aliphatic rings. The first-order valence-corrected chi connectivity index (χ1v) is 5.85. The van der Waals surface area contributed by atoms with E-state index < -0.39 is 23.9 Å². The zero-order valence-corrected chi connectivity index (χ0v) is 10.5. The number of aromatic nitrogens is 2. The van der Waals surface area contributed by atoms with Crippen LogP contribution in [0.3, 0.4) is 0 Å². The smallest absolute Gasteiger partial charge is 0.350 e. The average Bonchev–Trinajstić information content (AvgIpc) is 2.52. The minimum absolute atomic E-state index is 0.0842. The van der Waals surface area contributed by atoms with E-state index in [1.165, 1.54) is 16.8 Å². The van der Waals surface area contributed by atoms with E-state index in [9.17, 15) is 15.0 Å². The summed E-state index contributed by atoms with van der Waals surface area (Å²) in [5.41, 5.74) is 5.06. The number of aliphatic hydroxyl groups is 3. The maximum Gasteiger partial charge on any atom is 0.350 e.